The van der Waals surface area contributed by atoms with Crippen molar-refractivity contribution in [3.05, 3.63) is 12.3 Å². The first kappa shape index (κ1) is 13.5. The van der Waals surface area contributed by atoms with Gasteiger partial charge in [-0.15, -0.1) is 0 Å². The minimum absolute atomic E-state index is 0.346. The lowest BCUT2D eigenvalue weighted by Gasteiger charge is -2.34. The molecule has 0 aliphatic heterocycles. The van der Waals surface area contributed by atoms with E-state index in [0.717, 1.165) is 12.2 Å². The molecule has 0 aliphatic rings. The lowest BCUT2D eigenvalue weighted by atomic mass is 9.73. The van der Waals surface area contributed by atoms with Crippen LogP contribution in [0.4, 0.5) is 0 Å². The lowest BCUT2D eigenvalue weighted by molar-refractivity contribution is 0.187. The second kappa shape index (κ2) is 4.86. The zero-order valence-corrected chi connectivity index (χ0v) is 10.8. The zero-order chi connectivity index (χ0) is 11.4. The summed E-state index contributed by atoms with van der Waals surface area (Å²) in [4.78, 5) is 0. The third kappa shape index (κ3) is 6.06. The Morgan fingerprint density at radius 1 is 1.14 bits per heavy atom. The average Bonchev–Trinajstić information content (AvgIpc) is 1.99. The predicted molar refractivity (Wildman–Crippen MR) is 65.3 cm³/mol. The Bertz CT molecular complexity index is 189. The van der Waals surface area contributed by atoms with Gasteiger partial charge in [0.1, 0.15) is 0 Å². The molecule has 0 aromatic carbocycles. The van der Waals surface area contributed by atoms with Crippen LogP contribution >= 0.6 is 0 Å². The summed E-state index contributed by atoms with van der Waals surface area (Å²) in [6.07, 6.45) is 2.49. The Morgan fingerprint density at radius 2 is 1.64 bits per heavy atom. The number of allylic oxidation sites excluding steroid dienone is 1. The van der Waals surface area contributed by atoms with Crippen LogP contribution in [0.1, 0.15) is 54.4 Å². The molecule has 0 heterocycles. The molecule has 1 nitrogen and oxygen atoms in total. The Labute approximate surface area is 90.0 Å². The van der Waals surface area contributed by atoms with Gasteiger partial charge in [0, 0.05) is 12.2 Å². The first-order valence-electron chi connectivity index (χ1n) is 5.58. The van der Waals surface area contributed by atoms with Crippen molar-refractivity contribution < 1.29 is 0 Å². The molecular formula is C13H27N. The average molecular weight is 197 g/mol. The van der Waals surface area contributed by atoms with E-state index in [1.165, 1.54) is 12.8 Å². The molecular weight excluding hydrogens is 170 g/mol. The molecule has 0 aromatic rings. The molecule has 0 atom stereocenters. The summed E-state index contributed by atoms with van der Waals surface area (Å²) in [6.45, 7) is 18.5. The minimum atomic E-state index is 0.346. The first-order chi connectivity index (χ1) is 6.18. The quantitative estimate of drug-likeness (QED) is 0.679. The summed E-state index contributed by atoms with van der Waals surface area (Å²) in [5.41, 5.74) is 1.85. The molecule has 0 aromatic heterocycles. The summed E-state index contributed by atoms with van der Waals surface area (Å²) >= 11 is 0. The molecule has 84 valence electrons. The fourth-order valence-corrected chi connectivity index (χ4v) is 1.87. The van der Waals surface area contributed by atoms with Gasteiger partial charge in [-0.2, -0.15) is 0 Å². The van der Waals surface area contributed by atoms with E-state index in [9.17, 15) is 0 Å². The van der Waals surface area contributed by atoms with Crippen molar-refractivity contribution in [2.24, 2.45) is 10.8 Å². The van der Waals surface area contributed by atoms with Gasteiger partial charge in [0.2, 0.25) is 0 Å². The van der Waals surface area contributed by atoms with Crippen LogP contribution in [0, 0.1) is 10.8 Å². The summed E-state index contributed by atoms with van der Waals surface area (Å²) in [5.74, 6) is 0. The topological polar surface area (TPSA) is 12.0 Å². The van der Waals surface area contributed by atoms with Crippen molar-refractivity contribution >= 4 is 0 Å². The second-order valence-corrected chi connectivity index (χ2v) is 5.99. The minimum Gasteiger partial charge on any atom is -0.389 e. The van der Waals surface area contributed by atoms with Gasteiger partial charge in [-0.3, -0.25) is 0 Å². The molecule has 1 N–H and O–H groups in total. The number of nitrogens with one attached hydrogen (secondary N) is 1. The van der Waals surface area contributed by atoms with Crippen molar-refractivity contribution in [1.82, 2.24) is 5.32 Å². The van der Waals surface area contributed by atoms with Gasteiger partial charge in [-0.25, -0.2) is 0 Å². The fourth-order valence-electron chi connectivity index (χ4n) is 1.87. The molecule has 0 aliphatic carbocycles. The molecule has 0 spiro atoms. The SMILES string of the molecule is C=C(C)NCC(C)(C)CC(C)(C)CC. The number of rotatable bonds is 6. The number of hydrogen-bond acceptors (Lipinski definition) is 1. The molecule has 0 radical (unpaired) electrons. The van der Waals surface area contributed by atoms with Gasteiger partial charge in [-0.1, -0.05) is 47.6 Å². The van der Waals surface area contributed by atoms with Crippen LogP contribution in [0.25, 0.3) is 0 Å². The van der Waals surface area contributed by atoms with Crippen LogP contribution in [0.15, 0.2) is 12.3 Å². The highest BCUT2D eigenvalue weighted by Crippen LogP contribution is 2.35. The molecule has 14 heavy (non-hydrogen) atoms. The maximum atomic E-state index is 3.86. The van der Waals surface area contributed by atoms with Crippen molar-refractivity contribution in [3.8, 4) is 0 Å². The molecule has 0 bridgehead atoms. The van der Waals surface area contributed by atoms with Gasteiger partial charge in [0.05, 0.1) is 0 Å². The summed E-state index contributed by atoms with van der Waals surface area (Å²) in [7, 11) is 0. The molecule has 0 rings (SSSR count). The van der Waals surface area contributed by atoms with Gasteiger partial charge in [-0.05, 0) is 24.2 Å². The van der Waals surface area contributed by atoms with Crippen LogP contribution in [0.3, 0.4) is 0 Å². The van der Waals surface area contributed by atoms with E-state index < -0.39 is 0 Å². The van der Waals surface area contributed by atoms with E-state index in [1.807, 2.05) is 6.92 Å². The normalized spacial score (nSPS) is 12.7. The van der Waals surface area contributed by atoms with Gasteiger partial charge >= 0.3 is 0 Å². The maximum Gasteiger partial charge on any atom is 0.0195 e. The van der Waals surface area contributed by atoms with Crippen molar-refractivity contribution in [2.75, 3.05) is 6.54 Å². The molecule has 0 saturated carbocycles. The monoisotopic (exact) mass is 197 g/mol. The highest BCUT2D eigenvalue weighted by atomic mass is 14.9. The van der Waals surface area contributed by atoms with Crippen molar-refractivity contribution in [2.45, 2.75) is 54.4 Å². The molecule has 1 heteroatoms. The lowest BCUT2D eigenvalue weighted by Crippen LogP contribution is -2.32. The summed E-state index contributed by atoms with van der Waals surface area (Å²) in [6, 6.07) is 0. The smallest absolute Gasteiger partial charge is 0.0195 e. The maximum absolute atomic E-state index is 3.86. The Balaban J connectivity index is 4.12. The van der Waals surface area contributed by atoms with Crippen molar-refractivity contribution in [1.29, 1.82) is 0 Å². The van der Waals surface area contributed by atoms with Crippen LogP contribution in [-0.2, 0) is 0 Å². The predicted octanol–water partition coefficient (Wildman–Crippen LogP) is 3.96. The molecule has 0 unspecified atom stereocenters. The van der Waals surface area contributed by atoms with Crippen LogP contribution < -0.4 is 5.32 Å². The Kier molecular flexibility index (Phi) is 4.70. The van der Waals surface area contributed by atoms with Gasteiger partial charge < -0.3 is 5.32 Å². The van der Waals surface area contributed by atoms with Gasteiger partial charge in [0.25, 0.3) is 0 Å². The van der Waals surface area contributed by atoms with E-state index in [2.05, 4.69) is 46.5 Å². The van der Waals surface area contributed by atoms with Crippen LogP contribution in [0.5, 0.6) is 0 Å². The van der Waals surface area contributed by atoms with Crippen LogP contribution in [-0.4, -0.2) is 6.54 Å². The highest BCUT2D eigenvalue weighted by molar-refractivity contribution is 4.88. The van der Waals surface area contributed by atoms with Gasteiger partial charge in [0.15, 0.2) is 0 Å². The number of hydrogen-bond donors (Lipinski definition) is 1. The van der Waals surface area contributed by atoms with E-state index in [1.54, 1.807) is 0 Å². The fraction of sp³-hybridized carbons (Fsp3) is 0.846. The standard InChI is InChI=1S/C13H27N/c1-8-12(4,5)9-13(6,7)10-14-11(2)3/h14H,2,8-10H2,1,3-7H3. The third-order valence-corrected chi connectivity index (χ3v) is 2.78. The first-order valence-corrected chi connectivity index (χ1v) is 5.58. The third-order valence-electron chi connectivity index (χ3n) is 2.78. The second-order valence-electron chi connectivity index (χ2n) is 5.99. The molecule has 0 saturated heterocycles. The van der Waals surface area contributed by atoms with Crippen LogP contribution in [0.2, 0.25) is 0 Å². The largest absolute Gasteiger partial charge is 0.389 e. The van der Waals surface area contributed by atoms with E-state index in [0.29, 0.717) is 10.8 Å². The Hall–Kier alpha value is -0.460. The van der Waals surface area contributed by atoms with E-state index >= 15 is 0 Å². The molecule has 0 fully saturated rings. The van der Waals surface area contributed by atoms with Crippen molar-refractivity contribution in [3.63, 3.8) is 0 Å². The zero-order valence-electron chi connectivity index (χ0n) is 10.8. The summed E-state index contributed by atoms with van der Waals surface area (Å²) < 4.78 is 0. The Morgan fingerprint density at radius 3 is 2.00 bits per heavy atom. The molecule has 0 amide bonds. The highest BCUT2D eigenvalue weighted by Gasteiger charge is 2.27. The summed E-state index contributed by atoms with van der Waals surface area (Å²) in [5, 5.41) is 3.34. The van der Waals surface area contributed by atoms with E-state index in [4.69, 9.17) is 0 Å². The van der Waals surface area contributed by atoms with E-state index in [-0.39, 0.29) is 0 Å².